The second kappa shape index (κ2) is 7.52. The molecule has 0 radical (unpaired) electrons. The minimum absolute atomic E-state index is 0.287. The molecular formula is C15H23NO2. The molecule has 0 bridgehead atoms. The quantitative estimate of drug-likeness (QED) is 0.727. The topological polar surface area (TPSA) is 41.5 Å². The van der Waals surface area contributed by atoms with E-state index in [4.69, 9.17) is 9.84 Å². The third-order valence-corrected chi connectivity index (χ3v) is 3.53. The highest BCUT2D eigenvalue weighted by atomic mass is 16.5. The summed E-state index contributed by atoms with van der Waals surface area (Å²) >= 11 is 0. The van der Waals surface area contributed by atoms with Crippen molar-refractivity contribution in [3.63, 3.8) is 0 Å². The first-order chi connectivity index (χ1) is 8.88. The van der Waals surface area contributed by atoms with Gasteiger partial charge >= 0.3 is 0 Å². The predicted molar refractivity (Wildman–Crippen MR) is 72.4 cm³/mol. The van der Waals surface area contributed by atoms with Gasteiger partial charge in [-0.3, -0.25) is 0 Å². The minimum atomic E-state index is 0.287. The van der Waals surface area contributed by atoms with E-state index in [0.29, 0.717) is 18.7 Å². The molecule has 1 aliphatic rings. The average molecular weight is 249 g/mol. The van der Waals surface area contributed by atoms with Gasteiger partial charge in [-0.05, 0) is 31.2 Å². The summed E-state index contributed by atoms with van der Waals surface area (Å²) in [5.74, 6) is 0. The van der Waals surface area contributed by atoms with Crippen LogP contribution < -0.4 is 5.32 Å². The van der Waals surface area contributed by atoms with Crippen molar-refractivity contribution in [2.45, 2.75) is 44.4 Å². The van der Waals surface area contributed by atoms with E-state index in [1.807, 2.05) is 18.2 Å². The highest BCUT2D eigenvalue weighted by Crippen LogP contribution is 2.17. The fourth-order valence-corrected chi connectivity index (χ4v) is 2.50. The number of aliphatic hydroxyl groups excluding tert-OH is 1. The summed E-state index contributed by atoms with van der Waals surface area (Å²) in [5.41, 5.74) is 1.23. The molecule has 1 aliphatic heterocycles. The van der Waals surface area contributed by atoms with Crippen LogP contribution in [0.3, 0.4) is 0 Å². The lowest BCUT2D eigenvalue weighted by Crippen LogP contribution is -2.30. The molecule has 0 saturated carbocycles. The van der Waals surface area contributed by atoms with Crippen LogP contribution in [-0.2, 0) is 11.3 Å². The molecule has 2 N–H and O–H groups in total. The zero-order valence-electron chi connectivity index (χ0n) is 10.8. The van der Waals surface area contributed by atoms with E-state index < -0.39 is 0 Å². The Morgan fingerprint density at radius 2 is 1.83 bits per heavy atom. The van der Waals surface area contributed by atoms with E-state index in [9.17, 15) is 0 Å². The first kappa shape index (κ1) is 13.5. The molecule has 3 nitrogen and oxygen atoms in total. The third kappa shape index (κ3) is 4.41. The van der Waals surface area contributed by atoms with Gasteiger partial charge in [-0.1, -0.05) is 30.3 Å². The third-order valence-electron chi connectivity index (χ3n) is 3.53. The maximum Gasteiger partial charge on any atom is 0.0716 e. The van der Waals surface area contributed by atoms with Crippen molar-refractivity contribution >= 4 is 0 Å². The van der Waals surface area contributed by atoms with Crippen molar-refractivity contribution in [1.82, 2.24) is 5.32 Å². The Morgan fingerprint density at radius 3 is 2.56 bits per heavy atom. The fourth-order valence-electron chi connectivity index (χ4n) is 2.50. The van der Waals surface area contributed by atoms with Crippen LogP contribution in [0.25, 0.3) is 0 Å². The standard InChI is InChI=1S/C15H23NO2/c17-10-8-14-6-7-15(16-14)9-11-18-12-13-4-2-1-3-5-13/h1-5,14-17H,6-12H2/t14-,15+/m1/s1. The summed E-state index contributed by atoms with van der Waals surface area (Å²) in [5, 5.41) is 12.4. The van der Waals surface area contributed by atoms with E-state index in [0.717, 1.165) is 19.4 Å². The summed E-state index contributed by atoms with van der Waals surface area (Å²) in [6.45, 7) is 1.79. The van der Waals surface area contributed by atoms with Gasteiger partial charge in [0.05, 0.1) is 6.61 Å². The summed E-state index contributed by atoms with van der Waals surface area (Å²) in [6, 6.07) is 11.4. The predicted octanol–water partition coefficient (Wildman–Crippen LogP) is 2.10. The smallest absolute Gasteiger partial charge is 0.0716 e. The molecule has 100 valence electrons. The number of aliphatic hydroxyl groups is 1. The SMILES string of the molecule is OCC[C@H]1CC[C@@H](CCOCc2ccccc2)N1. The number of hydrogen-bond donors (Lipinski definition) is 2. The molecule has 2 rings (SSSR count). The normalized spacial score (nSPS) is 23.4. The van der Waals surface area contributed by atoms with Crippen LogP contribution in [0.4, 0.5) is 0 Å². The number of benzene rings is 1. The van der Waals surface area contributed by atoms with Crippen LogP contribution in [-0.4, -0.2) is 30.4 Å². The van der Waals surface area contributed by atoms with Crippen molar-refractivity contribution in [2.24, 2.45) is 0 Å². The minimum Gasteiger partial charge on any atom is -0.396 e. The van der Waals surface area contributed by atoms with Crippen LogP contribution >= 0.6 is 0 Å². The Morgan fingerprint density at radius 1 is 1.11 bits per heavy atom. The Kier molecular flexibility index (Phi) is 5.65. The van der Waals surface area contributed by atoms with Crippen molar-refractivity contribution in [1.29, 1.82) is 0 Å². The first-order valence-electron chi connectivity index (χ1n) is 6.87. The van der Waals surface area contributed by atoms with Gasteiger partial charge in [0.1, 0.15) is 0 Å². The van der Waals surface area contributed by atoms with E-state index in [-0.39, 0.29) is 6.61 Å². The molecule has 0 unspecified atom stereocenters. The molecule has 2 atom stereocenters. The second-order valence-corrected chi connectivity index (χ2v) is 4.98. The molecule has 1 aromatic rings. The molecule has 3 heteroatoms. The van der Waals surface area contributed by atoms with Crippen LogP contribution in [0.1, 0.15) is 31.2 Å². The fraction of sp³-hybridized carbons (Fsp3) is 0.600. The Balaban J connectivity index is 1.56. The van der Waals surface area contributed by atoms with Gasteiger partial charge in [-0.15, -0.1) is 0 Å². The zero-order chi connectivity index (χ0) is 12.6. The van der Waals surface area contributed by atoms with Crippen molar-refractivity contribution in [3.8, 4) is 0 Å². The summed E-state index contributed by atoms with van der Waals surface area (Å²) < 4.78 is 5.69. The number of hydrogen-bond acceptors (Lipinski definition) is 3. The van der Waals surface area contributed by atoms with Gasteiger partial charge < -0.3 is 15.2 Å². The molecule has 0 spiro atoms. The molecule has 18 heavy (non-hydrogen) atoms. The van der Waals surface area contributed by atoms with Crippen LogP contribution in [0, 0.1) is 0 Å². The first-order valence-corrected chi connectivity index (χ1v) is 6.87. The van der Waals surface area contributed by atoms with E-state index in [1.165, 1.54) is 18.4 Å². The number of nitrogens with one attached hydrogen (secondary N) is 1. The lowest BCUT2D eigenvalue weighted by molar-refractivity contribution is 0.112. The molecule has 1 fully saturated rings. The van der Waals surface area contributed by atoms with E-state index in [1.54, 1.807) is 0 Å². The number of rotatable bonds is 7. The zero-order valence-corrected chi connectivity index (χ0v) is 10.8. The lowest BCUT2D eigenvalue weighted by atomic mass is 10.1. The molecule has 1 heterocycles. The molecular weight excluding hydrogens is 226 g/mol. The van der Waals surface area contributed by atoms with Gasteiger partial charge in [0.2, 0.25) is 0 Å². The van der Waals surface area contributed by atoms with Crippen molar-refractivity contribution in [2.75, 3.05) is 13.2 Å². The Labute approximate surface area is 109 Å². The van der Waals surface area contributed by atoms with Gasteiger partial charge in [0, 0.05) is 25.3 Å². The largest absolute Gasteiger partial charge is 0.396 e. The summed E-state index contributed by atoms with van der Waals surface area (Å²) in [6.07, 6.45) is 4.33. The van der Waals surface area contributed by atoms with E-state index >= 15 is 0 Å². The molecule has 1 aromatic carbocycles. The number of ether oxygens (including phenoxy) is 1. The van der Waals surface area contributed by atoms with Crippen LogP contribution in [0.15, 0.2) is 30.3 Å². The Bertz CT molecular complexity index is 329. The maximum absolute atomic E-state index is 8.89. The average Bonchev–Trinajstić information content (AvgIpc) is 2.84. The molecule has 0 aromatic heterocycles. The van der Waals surface area contributed by atoms with Crippen LogP contribution in [0.2, 0.25) is 0 Å². The molecule has 0 aliphatic carbocycles. The molecule has 0 amide bonds. The maximum atomic E-state index is 8.89. The van der Waals surface area contributed by atoms with Crippen molar-refractivity contribution in [3.05, 3.63) is 35.9 Å². The van der Waals surface area contributed by atoms with Crippen LogP contribution in [0.5, 0.6) is 0 Å². The van der Waals surface area contributed by atoms with Gasteiger partial charge in [0.25, 0.3) is 0 Å². The second-order valence-electron chi connectivity index (χ2n) is 4.98. The van der Waals surface area contributed by atoms with E-state index in [2.05, 4.69) is 17.4 Å². The monoisotopic (exact) mass is 249 g/mol. The summed E-state index contributed by atoms with van der Waals surface area (Å²) in [4.78, 5) is 0. The summed E-state index contributed by atoms with van der Waals surface area (Å²) in [7, 11) is 0. The van der Waals surface area contributed by atoms with Gasteiger partial charge in [-0.2, -0.15) is 0 Å². The lowest BCUT2D eigenvalue weighted by Gasteiger charge is -2.13. The van der Waals surface area contributed by atoms with Crippen molar-refractivity contribution < 1.29 is 9.84 Å². The van der Waals surface area contributed by atoms with Gasteiger partial charge in [-0.25, -0.2) is 0 Å². The Hall–Kier alpha value is -0.900. The molecule has 1 saturated heterocycles. The van der Waals surface area contributed by atoms with Gasteiger partial charge in [0.15, 0.2) is 0 Å². The highest BCUT2D eigenvalue weighted by molar-refractivity contribution is 5.13. The highest BCUT2D eigenvalue weighted by Gasteiger charge is 2.22.